The Morgan fingerprint density at radius 2 is 2.00 bits per heavy atom. The molecule has 1 amide bonds. The molecule has 3 heterocycles. The number of aromatic nitrogens is 2. The highest BCUT2D eigenvalue weighted by molar-refractivity contribution is 5.93. The summed E-state index contributed by atoms with van der Waals surface area (Å²) in [6.45, 7) is 3.50. The molecule has 0 bridgehead atoms. The van der Waals surface area contributed by atoms with Crippen LogP contribution in [0.3, 0.4) is 0 Å². The number of nitrogens with one attached hydrogen (secondary N) is 2. The lowest BCUT2D eigenvalue weighted by Gasteiger charge is -2.18. The largest absolute Gasteiger partial charge is 0.486 e. The summed E-state index contributed by atoms with van der Waals surface area (Å²) in [5, 5.41) is 9.75. The van der Waals surface area contributed by atoms with Gasteiger partial charge >= 0.3 is 0 Å². The van der Waals surface area contributed by atoms with Crippen molar-refractivity contribution in [2.75, 3.05) is 19.8 Å². The minimum Gasteiger partial charge on any atom is -0.486 e. The molecule has 3 aromatic rings. The van der Waals surface area contributed by atoms with Crippen LogP contribution in [0.2, 0.25) is 0 Å². The van der Waals surface area contributed by atoms with E-state index in [-0.39, 0.29) is 5.91 Å². The van der Waals surface area contributed by atoms with Crippen LogP contribution in [-0.2, 0) is 6.42 Å². The molecule has 1 aliphatic rings. The van der Waals surface area contributed by atoms with Crippen molar-refractivity contribution in [3.8, 4) is 23.0 Å². The topological polar surface area (TPSA) is 89.4 Å². The van der Waals surface area contributed by atoms with Gasteiger partial charge in [0.2, 0.25) is 0 Å². The predicted molar refractivity (Wildman–Crippen MR) is 94.5 cm³/mol. The minimum absolute atomic E-state index is 0.228. The lowest BCUT2D eigenvalue weighted by Crippen LogP contribution is -2.26. The first-order valence-electron chi connectivity index (χ1n) is 8.48. The van der Waals surface area contributed by atoms with Crippen LogP contribution in [-0.4, -0.2) is 35.9 Å². The third-order valence-corrected chi connectivity index (χ3v) is 4.12. The van der Waals surface area contributed by atoms with Gasteiger partial charge in [-0.05, 0) is 43.2 Å². The Balaban J connectivity index is 1.33. The molecule has 0 unspecified atom stereocenters. The third kappa shape index (κ3) is 3.42. The normalized spacial score (nSPS) is 12.8. The molecule has 0 spiro atoms. The fourth-order valence-corrected chi connectivity index (χ4v) is 2.80. The van der Waals surface area contributed by atoms with E-state index in [9.17, 15) is 4.79 Å². The standard InChI is InChI=1S/C19H19N3O4/c1-12-2-4-16(26-12)14-11-15(22-21-14)19(23)20-7-6-13-3-5-17-18(10-13)25-9-8-24-17/h2-5,10-11H,6-9H2,1H3,(H,20,23)(H,21,22). The summed E-state index contributed by atoms with van der Waals surface area (Å²) in [4.78, 5) is 12.2. The Labute approximate surface area is 150 Å². The van der Waals surface area contributed by atoms with Crippen LogP contribution < -0.4 is 14.8 Å². The van der Waals surface area contributed by atoms with Crippen molar-refractivity contribution in [3.05, 3.63) is 53.4 Å². The van der Waals surface area contributed by atoms with E-state index in [4.69, 9.17) is 13.9 Å². The van der Waals surface area contributed by atoms with Crippen molar-refractivity contribution in [1.29, 1.82) is 0 Å². The van der Waals surface area contributed by atoms with Crippen LogP contribution in [0.4, 0.5) is 0 Å². The number of carbonyl (C=O) groups is 1. The smallest absolute Gasteiger partial charge is 0.271 e. The Morgan fingerprint density at radius 1 is 1.15 bits per heavy atom. The Bertz CT molecular complexity index is 929. The predicted octanol–water partition coefficient (Wildman–Crippen LogP) is 2.72. The fraction of sp³-hybridized carbons (Fsp3) is 0.263. The van der Waals surface area contributed by atoms with Crippen molar-refractivity contribution in [2.24, 2.45) is 0 Å². The van der Waals surface area contributed by atoms with Gasteiger partial charge in [0.15, 0.2) is 23.0 Å². The van der Waals surface area contributed by atoms with E-state index in [0.29, 0.717) is 43.3 Å². The van der Waals surface area contributed by atoms with Gasteiger partial charge in [0.25, 0.3) is 5.91 Å². The van der Waals surface area contributed by atoms with Crippen LogP contribution in [0.5, 0.6) is 11.5 Å². The maximum Gasteiger partial charge on any atom is 0.271 e. The molecule has 0 aliphatic carbocycles. The number of H-pyrrole nitrogens is 1. The van der Waals surface area contributed by atoms with Gasteiger partial charge in [-0.3, -0.25) is 9.89 Å². The van der Waals surface area contributed by atoms with Gasteiger partial charge in [-0.1, -0.05) is 6.07 Å². The number of carbonyl (C=O) groups excluding carboxylic acids is 1. The average Bonchev–Trinajstić information content (AvgIpc) is 3.30. The molecular formula is C19H19N3O4. The van der Waals surface area contributed by atoms with Gasteiger partial charge in [0, 0.05) is 12.6 Å². The molecule has 134 valence electrons. The fourth-order valence-electron chi connectivity index (χ4n) is 2.80. The molecule has 0 radical (unpaired) electrons. The number of hydrogen-bond acceptors (Lipinski definition) is 5. The van der Waals surface area contributed by atoms with E-state index < -0.39 is 0 Å². The Kier molecular flexibility index (Phi) is 4.35. The van der Waals surface area contributed by atoms with Crippen molar-refractivity contribution in [1.82, 2.24) is 15.5 Å². The van der Waals surface area contributed by atoms with Crippen LogP contribution in [0.15, 0.2) is 40.8 Å². The van der Waals surface area contributed by atoms with E-state index in [1.807, 2.05) is 37.3 Å². The van der Waals surface area contributed by atoms with Gasteiger partial charge in [0.05, 0.1) is 0 Å². The monoisotopic (exact) mass is 353 g/mol. The number of furan rings is 1. The van der Waals surface area contributed by atoms with Crippen LogP contribution >= 0.6 is 0 Å². The van der Waals surface area contributed by atoms with Gasteiger partial charge in [0.1, 0.15) is 24.7 Å². The first kappa shape index (κ1) is 16.3. The average molecular weight is 353 g/mol. The summed E-state index contributed by atoms with van der Waals surface area (Å²) in [6, 6.07) is 11.2. The van der Waals surface area contributed by atoms with Crippen LogP contribution in [0.1, 0.15) is 21.8 Å². The Hall–Kier alpha value is -3.22. The lowest BCUT2D eigenvalue weighted by atomic mass is 10.1. The van der Waals surface area contributed by atoms with Crippen molar-refractivity contribution < 1.29 is 18.7 Å². The number of aromatic amines is 1. The summed E-state index contributed by atoms with van der Waals surface area (Å²) in [5.74, 6) is 2.76. The molecule has 0 saturated heterocycles. The molecule has 0 saturated carbocycles. The van der Waals surface area contributed by atoms with Crippen molar-refractivity contribution in [3.63, 3.8) is 0 Å². The first-order valence-corrected chi connectivity index (χ1v) is 8.48. The molecule has 1 aliphatic heterocycles. The molecule has 7 heteroatoms. The number of hydrogen-bond donors (Lipinski definition) is 2. The lowest BCUT2D eigenvalue weighted by molar-refractivity contribution is 0.0949. The molecular weight excluding hydrogens is 334 g/mol. The number of fused-ring (bicyclic) bond motifs is 1. The van der Waals surface area contributed by atoms with Crippen molar-refractivity contribution in [2.45, 2.75) is 13.3 Å². The second-order valence-corrected chi connectivity index (χ2v) is 6.06. The molecule has 0 atom stereocenters. The molecule has 0 fully saturated rings. The number of nitrogens with zero attached hydrogens (tertiary/aromatic N) is 1. The molecule has 2 aromatic heterocycles. The zero-order valence-electron chi connectivity index (χ0n) is 14.4. The second kappa shape index (κ2) is 6.95. The van der Waals surface area contributed by atoms with E-state index in [1.54, 1.807) is 6.07 Å². The van der Waals surface area contributed by atoms with Crippen LogP contribution in [0.25, 0.3) is 11.5 Å². The third-order valence-electron chi connectivity index (χ3n) is 4.12. The van der Waals surface area contributed by atoms with E-state index in [0.717, 1.165) is 22.8 Å². The second-order valence-electron chi connectivity index (χ2n) is 6.06. The maximum absolute atomic E-state index is 12.2. The van der Waals surface area contributed by atoms with Gasteiger partial charge < -0.3 is 19.2 Å². The van der Waals surface area contributed by atoms with E-state index >= 15 is 0 Å². The summed E-state index contributed by atoms with van der Waals surface area (Å²) in [5.41, 5.74) is 2.08. The molecule has 4 rings (SSSR count). The zero-order valence-corrected chi connectivity index (χ0v) is 14.4. The molecule has 7 nitrogen and oxygen atoms in total. The molecule has 1 aromatic carbocycles. The van der Waals surface area contributed by atoms with E-state index in [1.165, 1.54) is 0 Å². The highest BCUT2D eigenvalue weighted by atomic mass is 16.6. The summed E-state index contributed by atoms with van der Waals surface area (Å²) in [6.07, 6.45) is 0.692. The van der Waals surface area contributed by atoms with E-state index in [2.05, 4.69) is 15.5 Å². The van der Waals surface area contributed by atoms with Gasteiger partial charge in [-0.15, -0.1) is 0 Å². The summed E-state index contributed by atoms with van der Waals surface area (Å²) in [7, 11) is 0. The molecule has 2 N–H and O–H groups in total. The summed E-state index contributed by atoms with van der Waals surface area (Å²) < 4.78 is 16.6. The number of amides is 1. The Morgan fingerprint density at radius 3 is 2.81 bits per heavy atom. The van der Waals surface area contributed by atoms with Crippen LogP contribution in [0, 0.1) is 6.92 Å². The molecule has 26 heavy (non-hydrogen) atoms. The van der Waals surface area contributed by atoms with Crippen molar-refractivity contribution >= 4 is 5.91 Å². The first-order chi connectivity index (χ1) is 12.7. The number of ether oxygens (including phenoxy) is 2. The van der Waals surface area contributed by atoms with Gasteiger partial charge in [-0.2, -0.15) is 5.10 Å². The highest BCUT2D eigenvalue weighted by Crippen LogP contribution is 2.30. The highest BCUT2D eigenvalue weighted by Gasteiger charge is 2.14. The number of benzene rings is 1. The quantitative estimate of drug-likeness (QED) is 0.736. The van der Waals surface area contributed by atoms with Gasteiger partial charge in [-0.25, -0.2) is 0 Å². The number of aryl methyl sites for hydroxylation is 1. The summed E-state index contributed by atoms with van der Waals surface area (Å²) >= 11 is 0. The number of rotatable bonds is 5. The maximum atomic E-state index is 12.2. The zero-order chi connectivity index (χ0) is 17.9. The SMILES string of the molecule is Cc1ccc(-c2cc(C(=O)NCCc3ccc4c(c3)OCCO4)n[nH]2)o1. The minimum atomic E-state index is -0.228.